The lowest BCUT2D eigenvalue weighted by molar-refractivity contribution is 0.179. The van der Waals surface area contributed by atoms with Crippen molar-refractivity contribution in [3.8, 4) is 11.5 Å². The Bertz CT molecular complexity index is 1240. The highest BCUT2D eigenvalue weighted by Crippen LogP contribution is 2.38. The Labute approximate surface area is 175 Å². The number of ether oxygens (including phenoxy) is 2. The van der Waals surface area contributed by atoms with Gasteiger partial charge >= 0.3 is 0 Å². The molecule has 0 aliphatic rings. The van der Waals surface area contributed by atoms with Crippen LogP contribution in [0, 0.1) is 11.6 Å². The summed E-state index contributed by atoms with van der Waals surface area (Å²) in [5.41, 5.74) is 5.96. The molecule has 3 heterocycles. The molecule has 0 bridgehead atoms. The lowest BCUT2D eigenvalue weighted by atomic mass is 10.0. The molecule has 0 radical (unpaired) electrons. The van der Waals surface area contributed by atoms with Gasteiger partial charge in [0.15, 0.2) is 34.5 Å². The number of nitrogens with two attached hydrogens (primary N) is 1. The van der Waals surface area contributed by atoms with Crippen molar-refractivity contribution in [3.63, 3.8) is 0 Å². The third-order valence-corrected chi connectivity index (χ3v) is 4.68. The average Bonchev–Trinajstić information content (AvgIpc) is 3.30. The van der Waals surface area contributed by atoms with Crippen molar-refractivity contribution in [3.05, 3.63) is 53.6 Å². The number of hydrogen-bond donors (Lipinski definition) is 3. The predicted octanol–water partition coefficient (Wildman–Crippen LogP) is 3.26. The third-order valence-electron chi connectivity index (χ3n) is 4.68. The fourth-order valence-electron chi connectivity index (χ4n) is 3.18. The number of aryl methyl sites for hydroxylation is 1. The van der Waals surface area contributed by atoms with E-state index in [9.17, 15) is 13.9 Å². The largest absolute Gasteiger partial charge is 0.494 e. The minimum atomic E-state index is -1.75. The molecule has 0 saturated heterocycles. The smallest absolute Gasteiger partial charge is 0.176 e. The van der Waals surface area contributed by atoms with Gasteiger partial charge in [0.1, 0.15) is 17.7 Å². The van der Waals surface area contributed by atoms with E-state index < -0.39 is 23.3 Å². The number of pyridine rings is 1. The standard InChI is InChI=1S/C20H19F2N5O4/c1-27-8-10(23)20(26-27)25-15-5-9-4-13(31-14(9)7-24-15)19(28)16-17(21)11(29-2)6-12(30-3)18(16)22/h4-8,19,28H,23H2,1-3H3,(H,24,25,26). The van der Waals surface area contributed by atoms with Gasteiger partial charge in [0.05, 0.1) is 31.7 Å². The van der Waals surface area contributed by atoms with Gasteiger partial charge in [-0.15, -0.1) is 0 Å². The Balaban J connectivity index is 1.71. The minimum Gasteiger partial charge on any atom is -0.494 e. The number of halogens is 2. The number of benzene rings is 1. The van der Waals surface area contributed by atoms with Crippen molar-refractivity contribution in [2.45, 2.75) is 6.10 Å². The third kappa shape index (κ3) is 3.59. The van der Waals surface area contributed by atoms with Crippen LogP contribution in [-0.2, 0) is 7.05 Å². The second-order valence-corrected chi connectivity index (χ2v) is 6.71. The molecule has 4 aromatic rings. The van der Waals surface area contributed by atoms with Crippen LogP contribution < -0.4 is 20.5 Å². The predicted molar refractivity (Wildman–Crippen MR) is 108 cm³/mol. The maximum atomic E-state index is 14.7. The zero-order valence-electron chi connectivity index (χ0n) is 16.8. The monoisotopic (exact) mass is 431 g/mol. The molecule has 0 amide bonds. The molecule has 11 heteroatoms. The highest BCUT2D eigenvalue weighted by molar-refractivity contribution is 5.81. The molecule has 0 spiro atoms. The Hall–Kier alpha value is -3.86. The lowest BCUT2D eigenvalue weighted by Gasteiger charge is -2.15. The van der Waals surface area contributed by atoms with E-state index in [2.05, 4.69) is 15.4 Å². The molecular formula is C20H19F2N5O4. The van der Waals surface area contributed by atoms with Gasteiger partial charge in [0.2, 0.25) is 0 Å². The van der Waals surface area contributed by atoms with E-state index in [-0.39, 0.29) is 17.3 Å². The first kappa shape index (κ1) is 20.4. The van der Waals surface area contributed by atoms with E-state index in [0.29, 0.717) is 28.3 Å². The summed E-state index contributed by atoms with van der Waals surface area (Å²) in [6.07, 6.45) is 1.30. The molecule has 31 heavy (non-hydrogen) atoms. The van der Waals surface area contributed by atoms with Crippen molar-refractivity contribution >= 4 is 28.3 Å². The molecule has 0 fully saturated rings. The van der Waals surface area contributed by atoms with Crippen LogP contribution in [0.4, 0.5) is 26.1 Å². The number of anilines is 3. The normalized spacial score (nSPS) is 12.2. The first-order valence-corrected chi connectivity index (χ1v) is 9.06. The van der Waals surface area contributed by atoms with Gasteiger partial charge in [-0.1, -0.05) is 0 Å². The summed E-state index contributed by atoms with van der Waals surface area (Å²) in [5, 5.41) is 18.4. The second kappa shape index (κ2) is 7.76. The van der Waals surface area contributed by atoms with Crippen molar-refractivity contribution in [2.75, 3.05) is 25.3 Å². The summed E-state index contributed by atoms with van der Waals surface area (Å²) in [6, 6.07) is 4.15. The quantitative estimate of drug-likeness (QED) is 0.425. The zero-order chi connectivity index (χ0) is 22.3. The van der Waals surface area contributed by atoms with Gasteiger partial charge in [-0.25, -0.2) is 13.8 Å². The molecule has 1 unspecified atom stereocenters. The Kier molecular flexibility index (Phi) is 5.11. The fraction of sp³-hybridized carbons (Fsp3) is 0.200. The van der Waals surface area contributed by atoms with Gasteiger partial charge < -0.3 is 30.0 Å². The van der Waals surface area contributed by atoms with Crippen LogP contribution in [0.3, 0.4) is 0 Å². The van der Waals surface area contributed by atoms with Gasteiger partial charge in [0, 0.05) is 24.7 Å². The van der Waals surface area contributed by atoms with E-state index in [1.54, 1.807) is 24.0 Å². The number of hydrogen-bond acceptors (Lipinski definition) is 8. The van der Waals surface area contributed by atoms with Crippen molar-refractivity contribution in [2.24, 2.45) is 7.05 Å². The van der Waals surface area contributed by atoms with E-state index in [0.717, 1.165) is 6.07 Å². The maximum absolute atomic E-state index is 14.7. The Morgan fingerprint density at radius 3 is 2.42 bits per heavy atom. The topological polar surface area (TPSA) is 121 Å². The van der Waals surface area contributed by atoms with Crippen LogP contribution in [0.1, 0.15) is 17.4 Å². The van der Waals surface area contributed by atoms with Crippen molar-refractivity contribution in [1.82, 2.24) is 14.8 Å². The summed E-state index contributed by atoms with van der Waals surface area (Å²) in [4.78, 5) is 4.21. The number of rotatable bonds is 6. The SMILES string of the molecule is COc1cc(OC)c(F)c(C(O)c2cc3cc(Nc4nn(C)cc4N)ncc3o2)c1F. The number of nitrogens with zero attached hydrogens (tertiary/aromatic N) is 3. The van der Waals surface area contributed by atoms with Crippen LogP contribution >= 0.6 is 0 Å². The molecule has 3 aromatic heterocycles. The summed E-state index contributed by atoms with van der Waals surface area (Å²) in [5.74, 6) is -1.90. The Morgan fingerprint density at radius 1 is 1.16 bits per heavy atom. The lowest BCUT2D eigenvalue weighted by Crippen LogP contribution is -2.08. The molecule has 4 N–H and O–H groups in total. The van der Waals surface area contributed by atoms with E-state index >= 15 is 0 Å². The van der Waals surface area contributed by atoms with Crippen molar-refractivity contribution in [1.29, 1.82) is 0 Å². The van der Waals surface area contributed by atoms with Gasteiger partial charge in [-0.05, 0) is 12.1 Å². The Morgan fingerprint density at radius 2 is 1.84 bits per heavy atom. The molecule has 0 aliphatic carbocycles. The van der Waals surface area contributed by atoms with E-state index in [1.165, 1.54) is 26.5 Å². The molecule has 9 nitrogen and oxygen atoms in total. The molecule has 4 rings (SSSR count). The minimum absolute atomic E-state index is 0.0839. The maximum Gasteiger partial charge on any atom is 0.176 e. The van der Waals surface area contributed by atoms with Crippen molar-refractivity contribution < 1.29 is 27.8 Å². The molecule has 0 saturated carbocycles. The highest BCUT2D eigenvalue weighted by Gasteiger charge is 2.29. The number of fused-ring (bicyclic) bond motifs is 1. The number of nitrogens with one attached hydrogen (secondary N) is 1. The first-order chi connectivity index (χ1) is 14.8. The molecule has 0 aliphatic heterocycles. The zero-order valence-corrected chi connectivity index (χ0v) is 16.8. The molecule has 1 aromatic carbocycles. The number of aromatic nitrogens is 3. The van der Waals surface area contributed by atoms with Gasteiger partial charge in [-0.3, -0.25) is 4.68 Å². The fourth-order valence-corrected chi connectivity index (χ4v) is 3.18. The molecule has 162 valence electrons. The summed E-state index contributed by atoms with van der Waals surface area (Å²) in [6.45, 7) is 0. The number of aliphatic hydroxyl groups excluding tert-OH is 1. The van der Waals surface area contributed by atoms with Gasteiger partial charge in [0.25, 0.3) is 0 Å². The van der Waals surface area contributed by atoms with Gasteiger partial charge in [-0.2, -0.15) is 5.10 Å². The summed E-state index contributed by atoms with van der Waals surface area (Å²) < 4.78 is 46.4. The van der Waals surface area contributed by atoms with E-state index in [1.807, 2.05) is 0 Å². The first-order valence-electron chi connectivity index (χ1n) is 9.06. The van der Waals surface area contributed by atoms with Crippen LogP contribution in [-0.4, -0.2) is 34.1 Å². The number of methoxy groups -OCH3 is 2. The van der Waals surface area contributed by atoms with E-state index in [4.69, 9.17) is 19.6 Å². The second-order valence-electron chi connectivity index (χ2n) is 6.71. The summed E-state index contributed by atoms with van der Waals surface area (Å²) >= 11 is 0. The van der Waals surface area contributed by atoms with Crippen LogP contribution in [0.25, 0.3) is 11.0 Å². The molecular weight excluding hydrogens is 412 g/mol. The number of furan rings is 1. The molecule has 1 atom stereocenters. The van der Waals surface area contributed by atoms with Crippen LogP contribution in [0.5, 0.6) is 11.5 Å². The van der Waals surface area contributed by atoms with Crippen LogP contribution in [0.15, 0.2) is 35.0 Å². The summed E-state index contributed by atoms with van der Waals surface area (Å²) in [7, 11) is 4.18. The highest BCUT2D eigenvalue weighted by atomic mass is 19.1. The van der Waals surface area contributed by atoms with Crippen LogP contribution in [0.2, 0.25) is 0 Å². The number of aliphatic hydroxyl groups is 1. The number of nitrogen functional groups attached to an aromatic ring is 1. The average molecular weight is 431 g/mol.